The molecule has 8 nitrogen and oxygen atoms in total. The number of hydrogen-bond acceptors (Lipinski definition) is 5. The summed E-state index contributed by atoms with van der Waals surface area (Å²) in [6, 6.07) is 28.5. The lowest BCUT2D eigenvalue weighted by atomic mass is 10.0. The highest BCUT2D eigenvalue weighted by molar-refractivity contribution is 7.92. The first-order chi connectivity index (χ1) is 21.6. The molecule has 0 unspecified atom stereocenters. The van der Waals surface area contributed by atoms with Gasteiger partial charge in [-0.1, -0.05) is 84.8 Å². The highest BCUT2D eigenvalue weighted by atomic mass is 35.5. The van der Waals surface area contributed by atoms with Gasteiger partial charge in [0.1, 0.15) is 18.3 Å². The number of carbonyl (C=O) groups is 2. The Morgan fingerprint density at radius 1 is 0.889 bits per heavy atom. The first-order valence-corrected chi connectivity index (χ1v) is 16.5. The number of carbonyl (C=O) groups excluding carboxylic acids is 2. The molecule has 4 rings (SSSR count). The number of ether oxygens (including phenoxy) is 1. The van der Waals surface area contributed by atoms with Gasteiger partial charge in [-0.15, -0.1) is 0 Å². The van der Waals surface area contributed by atoms with Crippen LogP contribution in [-0.4, -0.2) is 51.4 Å². The van der Waals surface area contributed by atoms with Crippen LogP contribution in [0.5, 0.6) is 5.75 Å². The summed E-state index contributed by atoms with van der Waals surface area (Å²) < 4.78 is 34.7. The van der Waals surface area contributed by atoms with Gasteiger partial charge in [0, 0.05) is 24.5 Å². The molecular formula is C35H38ClN3O5S. The maximum atomic E-state index is 14.5. The summed E-state index contributed by atoms with van der Waals surface area (Å²) >= 11 is 6.29. The number of benzene rings is 4. The predicted molar refractivity (Wildman–Crippen MR) is 178 cm³/mol. The van der Waals surface area contributed by atoms with Gasteiger partial charge in [-0.3, -0.25) is 13.9 Å². The topological polar surface area (TPSA) is 96.0 Å². The van der Waals surface area contributed by atoms with E-state index in [1.807, 2.05) is 50.2 Å². The zero-order valence-corrected chi connectivity index (χ0v) is 27.2. The van der Waals surface area contributed by atoms with Gasteiger partial charge in [-0.05, 0) is 66.9 Å². The zero-order valence-electron chi connectivity index (χ0n) is 25.6. The molecule has 0 aliphatic carbocycles. The van der Waals surface area contributed by atoms with E-state index in [0.717, 1.165) is 21.0 Å². The van der Waals surface area contributed by atoms with E-state index in [0.29, 0.717) is 23.7 Å². The second-order valence-electron chi connectivity index (χ2n) is 10.7. The Morgan fingerprint density at radius 2 is 1.58 bits per heavy atom. The first-order valence-electron chi connectivity index (χ1n) is 14.7. The third-order valence-electron chi connectivity index (χ3n) is 7.29. The molecule has 0 heterocycles. The minimum atomic E-state index is -4.21. The minimum Gasteiger partial charge on any atom is -0.497 e. The molecule has 236 valence electrons. The first kappa shape index (κ1) is 33.6. The molecule has 0 fully saturated rings. The van der Waals surface area contributed by atoms with Gasteiger partial charge in [0.15, 0.2) is 0 Å². The molecule has 0 aromatic heterocycles. The third-order valence-corrected chi connectivity index (χ3v) is 9.31. The fourth-order valence-electron chi connectivity index (χ4n) is 4.88. The molecule has 4 aromatic carbocycles. The smallest absolute Gasteiger partial charge is 0.264 e. The molecule has 1 N–H and O–H groups in total. The number of halogens is 1. The Morgan fingerprint density at radius 3 is 2.24 bits per heavy atom. The molecule has 4 aromatic rings. The van der Waals surface area contributed by atoms with Gasteiger partial charge in [0.05, 0.1) is 17.7 Å². The summed E-state index contributed by atoms with van der Waals surface area (Å²) in [5.41, 5.74) is 2.70. The normalized spacial score (nSPS) is 11.8. The molecule has 10 heteroatoms. The number of rotatable bonds is 14. The molecule has 1 atom stereocenters. The van der Waals surface area contributed by atoms with Crippen molar-refractivity contribution in [2.24, 2.45) is 0 Å². The van der Waals surface area contributed by atoms with Crippen LogP contribution in [0.2, 0.25) is 5.02 Å². The van der Waals surface area contributed by atoms with Gasteiger partial charge in [0.2, 0.25) is 11.8 Å². The molecule has 0 aliphatic rings. The van der Waals surface area contributed by atoms with E-state index in [2.05, 4.69) is 5.32 Å². The summed E-state index contributed by atoms with van der Waals surface area (Å²) in [6.45, 7) is 3.72. The van der Waals surface area contributed by atoms with E-state index in [4.69, 9.17) is 16.3 Å². The number of nitrogens with zero attached hydrogens (tertiary/aromatic N) is 2. The lowest BCUT2D eigenvalue weighted by Gasteiger charge is -2.34. The average Bonchev–Trinajstić information content (AvgIpc) is 3.04. The number of aryl methyl sites for hydroxylation is 1. The molecule has 0 aliphatic heterocycles. The quantitative estimate of drug-likeness (QED) is 0.181. The van der Waals surface area contributed by atoms with Crippen LogP contribution < -0.4 is 14.4 Å². The number of methoxy groups -OCH3 is 1. The van der Waals surface area contributed by atoms with Crippen molar-refractivity contribution in [1.29, 1.82) is 0 Å². The highest BCUT2D eigenvalue weighted by Gasteiger charge is 2.34. The number of amides is 2. The summed E-state index contributed by atoms with van der Waals surface area (Å²) in [5.74, 6) is -0.286. The second-order valence-corrected chi connectivity index (χ2v) is 13.0. The van der Waals surface area contributed by atoms with E-state index in [1.165, 1.54) is 23.1 Å². The molecule has 0 bridgehead atoms. The van der Waals surface area contributed by atoms with Crippen molar-refractivity contribution in [1.82, 2.24) is 10.2 Å². The van der Waals surface area contributed by atoms with Crippen molar-refractivity contribution in [2.45, 2.75) is 44.2 Å². The van der Waals surface area contributed by atoms with Crippen LogP contribution in [0, 0.1) is 6.92 Å². The van der Waals surface area contributed by atoms with Crippen LogP contribution in [0.4, 0.5) is 5.69 Å². The molecule has 0 spiro atoms. The van der Waals surface area contributed by atoms with Gasteiger partial charge in [-0.25, -0.2) is 8.42 Å². The van der Waals surface area contributed by atoms with Gasteiger partial charge in [0.25, 0.3) is 10.0 Å². The summed E-state index contributed by atoms with van der Waals surface area (Å²) in [4.78, 5) is 29.7. The number of sulfonamides is 1. The van der Waals surface area contributed by atoms with Crippen LogP contribution >= 0.6 is 11.6 Å². The number of anilines is 1. The Kier molecular flexibility index (Phi) is 11.6. The Hall–Kier alpha value is -4.34. The van der Waals surface area contributed by atoms with Crippen LogP contribution in [0.25, 0.3) is 0 Å². The standard InChI is InChI=1S/C35H38ClN3O5S/c1-4-20-37-35(41)33(22-27-10-6-5-7-11-27)38(24-28-12-8-15-31(21-28)44-3)34(40)25-39(30-14-9-13-29(36)23-30)45(42,43)32-18-16-26(2)17-19-32/h5-19,21,23,33H,4,20,22,24-25H2,1-3H3,(H,37,41)/t33-/m1/s1. The minimum absolute atomic E-state index is 0.0294. The fraction of sp³-hybridized carbons (Fsp3) is 0.257. The van der Waals surface area contributed by atoms with Gasteiger partial charge in [-0.2, -0.15) is 0 Å². The second kappa shape index (κ2) is 15.6. The van der Waals surface area contributed by atoms with Crippen molar-refractivity contribution in [3.8, 4) is 5.75 Å². The predicted octanol–water partition coefficient (Wildman–Crippen LogP) is 6.02. The molecule has 0 radical (unpaired) electrons. The molecule has 0 saturated carbocycles. The van der Waals surface area contributed by atoms with Crippen molar-refractivity contribution in [2.75, 3.05) is 24.5 Å². The molecule has 0 saturated heterocycles. The fourth-order valence-corrected chi connectivity index (χ4v) is 6.48. The molecule has 2 amide bonds. The summed E-state index contributed by atoms with van der Waals surface area (Å²) in [5, 5.41) is 3.26. The lowest BCUT2D eigenvalue weighted by molar-refractivity contribution is -0.140. The SMILES string of the molecule is CCCNC(=O)[C@@H](Cc1ccccc1)N(Cc1cccc(OC)c1)C(=O)CN(c1cccc(Cl)c1)S(=O)(=O)c1ccc(C)cc1. The van der Waals surface area contributed by atoms with E-state index in [9.17, 15) is 18.0 Å². The van der Waals surface area contributed by atoms with Crippen molar-refractivity contribution >= 4 is 39.1 Å². The Balaban J connectivity index is 1.80. The Bertz CT molecular complexity index is 1700. The van der Waals surface area contributed by atoms with Crippen LogP contribution in [0.3, 0.4) is 0 Å². The van der Waals surface area contributed by atoms with Crippen molar-refractivity contribution in [3.63, 3.8) is 0 Å². The van der Waals surface area contributed by atoms with E-state index in [1.54, 1.807) is 55.6 Å². The average molecular weight is 648 g/mol. The number of hydrogen-bond donors (Lipinski definition) is 1. The van der Waals surface area contributed by atoms with Crippen molar-refractivity contribution < 1.29 is 22.7 Å². The summed E-state index contributed by atoms with van der Waals surface area (Å²) in [7, 11) is -2.66. The van der Waals surface area contributed by atoms with E-state index < -0.39 is 28.5 Å². The Labute approximate surface area is 270 Å². The van der Waals surface area contributed by atoms with Crippen LogP contribution in [0.1, 0.15) is 30.0 Å². The van der Waals surface area contributed by atoms with Gasteiger partial charge < -0.3 is 15.0 Å². The van der Waals surface area contributed by atoms with Crippen LogP contribution in [0.15, 0.2) is 108 Å². The molecular weight excluding hydrogens is 610 g/mol. The highest BCUT2D eigenvalue weighted by Crippen LogP contribution is 2.27. The van der Waals surface area contributed by atoms with Crippen LogP contribution in [-0.2, 0) is 32.6 Å². The molecule has 45 heavy (non-hydrogen) atoms. The van der Waals surface area contributed by atoms with Crippen molar-refractivity contribution in [3.05, 3.63) is 125 Å². The van der Waals surface area contributed by atoms with Gasteiger partial charge >= 0.3 is 0 Å². The van der Waals surface area contributed by atoms with E-state index >= 15 is 0 Å². The summed E-state index contributed by atoms with van der Waals surface area (Å²) in [6.07, 6.45) is 0.943. The third kappa shape index (κ3) is 8.86. The maximum absolute atomic E-state index is 14.5. The lowest BCUT2D eigenvalue weighted by Crippen LogP contribution is -2.53. The largest absolute Gasteiger partial charge is 0.497 e. The van der Waals surface area contributed by atoms with E-state index in [-0.39, 0.29) is 29.5 Å². The maximum Gasteiger partial charge on any atom is 0.264 e. The zero-order chi connectivity index (χ0) is 32.4. The monoisotopic (exact) mass is 647 g/mol. The number of nitrogens with one attached hydrogen (secondary N) is 1.